The molecule has 0 spiro atoms. The molecular weight excluding hydrogens is 226 g/mol. The maximum atomic E-state index is 6.28. The Morgan fingerprint density at radius 2 is 2.17 bits per heavy atom. The molecule has 96 valence electrons. The predicted octanol–water partition coefficient (Wildman–Crippen LogP) is 1.32. The van der Waals surface area contributed by atoms with Gasteiger partial charge in [-0.25, -0.2) is 4.98 Å². The fourth-order valence-corrected chi connectivity index (χ4v) is 2.03. The molecule has 0 aliphatic heterocycles. The first-order chi connectivity index (χ1) is 8.61. The van der Waals surface area contributed by atoms with Gasteiger partial charge in [-0.05, 0) is 25.0 Å². The van der Waals surface area contributed by atoms with E-state index in [4.69, 9.17) is 5.73 Å². The topological polar surface area (TPSA) is 69.6 Å². The molecular formula is C13H19N5. The van der Waals surface area contributed by atoms with Crippen molar-refractivity contribution in [3.8, 4) is 0 Å². The minimum atomic E-state index is -0.0877. The SMILES string of the molecule is CCc1nnc(C)cc1C(N)Cc1nccn1C. The van der Waals surface area contributed by atoms with Gasteiger partial charge < -0.3 is 10.3 Å². The highest BCUT2D eigenvalue weighted by Gasteiger charge is 2.15. The molecule has 0 saturated heterocycles. The summed E-state index contributed by atoms with van der Waals surface area (Å²) in [6.07, 6.45) is 5.27. The van der Waals surface area contributed by atoms with Gasteiger partial charge in [0.25, 0.3) is 0 Å². The zero-order valence-corrected chi connectivity index (χ0v) is 11.1. The number of nitrogens with zero attached hydrogens (tertiary/aromatic N) is 4. The molecule has 2 aromatic heterocycles. The molecule has 2 heterocycles. The van der Waals surface area contributed by atoms with E-state index in [-0.39, 0.29) is 6.04 Å². The molecule has 5 heteroatoms. The van der Waals surface area contributed by atoms with Crippen molar-refractivity contribution in [2.45, 2.75) is 32.7 Å². The summed E-state index contributed by atoms with van der Waals surface area (Å²) in [6.45, 7) is 4.00. The van der Waals surface area contributed by atoms with Gasteiger partial charge in [-0.15, -0.1) is 0 Å². The normalized spacial score (nSPS) is 12.7. The van der Waals surface area contributed by atoms with Crippen LogP contribution < -0.4 is 5.73 Å². The van der Waals surface area contributed by atoms with Crippen molar-refractivity contribution >= 4 is 0 Å². The molecule has 0 fully saturated rings. The minimum Gasteiger partial charge on any atom is -0.338 e. The number of aryl methyl sites for hydroxylation is 3. The van der Waals surface area contributed by atoms with Gasteiger partial charge in [0.2, 0.25) is 0 Å². The van der Waals surface area contributed by atoms with Gasteiger partial charge in [-0.1, -0.05) is 6.92 Å². The van der Waals surface area contributed by atoms with E-state index in [1.807, 2.05) is 30.8 Å². The first-order valence-electron chi connectivity index (χ1n) is 6.16. The zero-order valence-electron chi connectivity index (χ0n) is 11.1. The van der Waals surface area contributed by atoms with E-state index in [2.05, 4.69) is 22.1 Å². The average Bonchev–Trinajstić information content (AvgIpc) is 2.75. The summed E-state index contributed by atoms with van der Waals surface area (Å²) in [7, 11) is 1.98. The lowest BCUT2D eigenvalue weighted by Gasteiger charge is -2.15. The number of hydrogen-bond donors (Lipinski definition) is 1. The van der Waals surface area contributed by atoms with Crippen molar-refractivity contribution in [2.24, 2.45) is 12.8 Å². The van der Waals surface area contributed by atoms with Crippen molar-refractivity contribution < 1.29 is 0 Å². The second-order valence-corrected chi connectivity index (χ2v) is 4.51. The highest BCUT2D eigenvalue weighted by molar-refractivity contribution is 5.25. The molecule has 0 aliphatic carbocycles. The van der Waals surface area contributed by atoms with Crippen LogP contribution in [0, 0.1) is 6.92 Å². The van der Waals surface area contributed by atoms with Crippen molar-refractivity contribution in [1.82, 2.24) is 19.7 Å². The van der Waals surface area contributed by atoms with Crippen molar-refractivity contribution in [2.75, 3.05) is 0 Å². The molecule has 2 aromatic rings. The Balaban J connectivity index is 2.25. The summed E-state index contributed by atoms with van der Waals surface area (Å²) in [5.74, 6) is 0.985. The maximum Gasteiger partial charge on any atom is 0.110 e. The Morgan fingerprint density at radius 3 is 2.78 bits per heavy atom. The molecule has 18 heavy (non-hydrogen) atoms. The lowest BCUT2D eigenvalue weighted by molar-refractivity contribution is 0.643. The van der Waals surface area contributed by atoms with E-state index in [9.17, 15) is 0 Å². The number of aromatic nitrogens is 4. The molecule has 0 amide bonds. The van der Waals surface area contributed by atoms with Crippen LogP contribution >= 0.6 is 0 Å². The summed E-state index contributed by atoms with van der Waals surface area (Å²) in [4.78, 5) is 4.31. The first kappa shape index (κ1) is 12.7. The molecule has 1 atom stereocenters. The van der Waals surface area contributed by atoms with E-state index in [1.54, 1.807) is 6.20 Å². The third-order valence-corrected chi connectivity index (χ3v) is 3.08. The molecule has 0 radical (unpaired) electrons. The number of hydrogen-bond acceptors (Lipinski definition) is 4. The maximum absolute atomic E-state index is 6.28. The van der Waals surface area contributed by atoms with Crippen LogP contribution in [0.15, 0.2) is 18.5 Å². The fraction of sp³-hybridized carbons (Fsp3) is 0.462. The molecule has 1 unspecified atom stereocenters. The van der Waals surface area contributed by atoms with Gasteiger partial charge in [0.1, 0.15) is 5.82 Å². The second-order valence-electron chi connectivity index (χ2n) is 4.51. The average molecular weight is 245 g/mol. The monoisotopic (exact) mass is 245 g/mol. The third-order valence-electron chi connectivity index (χ3n) is 3.08. The van der Waals surface area contributed by atoms with E-state index < -0.39 is 0 Å². The summed E-state index contributed by atoms with van der Waals surface area (Å²) in [5.41, 5.74) is 9.23. The van der Waals surface area contributed by atoms with Crippen LogP contribution in [0.1, 0.15) is 35.7 Å². The number of imidazole rings is 1. The first-order valence-corrected chi connectivity index (χ1v) is 6.16. The van der Waals surface area contributed by atoms with E-state index in [0.717, 1.165) is 29.2 Å². The summed E-state index contributed by atoms with van der Waals surface area (Å²) >= 11 is 0. The van der Waals surface area contributed by atoms with Crippen LogP contribution in [-0.2, 0) is 19.9 Å². The molecule has 0 aliphatic rings. The Morgan fingerprint density at radius 1 is 1.39 bits per heavy atom. The number of rotatable bonds is 4. The number of nitrogens with two attached hydrogens (primary N) is 1. The molecule has 5 nitrogen and oxygen atoms in total. The minimum absolute atomic E-state index is 0.0877. The quantitative estimate of drug-likeness (QED) is 0.882. The third kappa shape index (κ3) is 2.56. The smallest absolute Gasteiger partial charge is 0.110 e. The highest BCUT2D eigenvalue weighted by Crippen LogP contribution is 2.18. The largest absolute Gasteiger partial charge is 0.338 e. The van der Waals surface area contributed by atoms with Crippen molar-refractivity contribution in [3.63, 3.8) is 0 Å². The van der Waals surface area contributed by atoms with Gasteiger partial charge in [-0.2, -0.15) is 10.2 Å². The fourth-order valence-electron chi connectivity index (χ4n) is 2.03. The summed E-state index contributed by atoms with van der Waals surface area (Å²) in [6, 6.07) is 1.94. The van der Waals surface area contributed by atoms with Crippen molar-refractivity contribution in [1.29, 1.82) is 0 Å². The lowest BCUT2D eigenvalue weighted by Crippen LogP contribution is -2.18. The summed E-state index contributed by atoms with van der Waals surface area (Å²) in [5, 5.41) is 8.29. The highest BCUT2D eigenvalue weighted by atomic mass is 15.1. The molecule has 0 bridgehead atoms. The molecule has 2 rings (SSSR count). The Kier molecular flexibility index (Phi) is 3.72. The zero-order chi connectivity index (χ0) is 13.1. The van der Waals surface area contributed by atoms with E-state index >= 15 is 0 Å². The second kappa shape index (κ2) is 5.27. The lowest BCUT2D eigenvalue weighted by atomic mass is 10.0. The molecule has 0 saturated carbocycles. The van der Waals surface area contributed by atoms with Gasteiger partial charge >= 0.3 is 0 Å². The van der Waals surface area contributed by atoms with Crippen LogP contribution in [0.4, 0.5) is 0 Å². The summed E-state index contributed by atoms with van der Waals surface area (Å²) < 4.78 is 1.99. The van der Waals surface area contributed by atoms with Crippen molar-refractivity contribution in [3.05, 3.63) is 41.2 Å². The van der Waals surface area contributed by atoms with E-state index in [0.29, 0.717) is 6.42 Å². The van der Waals surface area contributed by atoms with Crippen LogP contribution in [0.5, 0.6) is 0 Å². The van der Waals surface area contributed by atoms with Crippen LogP contribution in [-0.4, -0.2) is 19.7 Å². The van der Waals surface area contributed by atoms with E-state index in [1.165, 1.54) is 0 Å². The Hall–Kier alpha value is -1.75. The standard InChI is InChI=1S/C13H19N5/c1-4-12-10(7-9(2)16-17-12)11(14)8-13-15-5-6-18(13)3/h5-7,11H,4,8,14H2,1-3H3. The van der Waals surface area contributed by atoms with Crippen LogP contribution in [0.3, 0.4) is 0 Å². The molecule has 2 N–H and O–H groups in total. The van der Waals surface area contributed by atoms with Gasteiger partial charge in [0.05, 0.1) is 11.4 Å². The predicted molar refractivity (Wildman–Crippen MR) is 70.0 cm³/mol. The van der Waals surface area contributed by atoms with Crippen LogP contribution in [0.2, 0.25) is 0 Å². The van der Waals surface area contributed by atoms with Crippen LogP contribution in [0.25, 0.3) is 0 Å². The molecule has 0 aromatic carbocycles. The van der Waals surface area contributed by atoms with Gasteiger partial charge in [0.15, 0.2) is 0 Å². The van der Waals surface area contributed by atoms with Gasteiger partial charge in [0, 0.05) is 31.9 Å². The Bertz CT molecular complexity index is 532. The van der Waals surface area contributed by atoms with Gasteiger partial charge in [-0.3, -0.25) is 0 Å². The Labute approximate surface area is 107 Å².